The molecule has 0 aliphatic rings. The molecule has 3 rings (SSSR count). The van der Waals surface area contributed by atoms with Gasteiger partial charge in [-0.25, -0.2) is 0 Å². The number of allylic oxidation sites excluding steroid dienone is 1. The largest absolute Gasteiger partial charge is 0.311 e. The van der Waals surface area contributed by atoms with Crippen molar-refractivity contribution < 1.29 is 0 Å². The summed E-state index contributed by atoms with van der Waals surface area (Å²) in [6.07, 6.45) is 4.42. The Morgan fingerprint density at radius 1 is 0.630 bits per heavy atom. The standard InChI is InChI=1S/C26H29N/c1-20(2)10-11-22-12-16-25(17-13-22)27(24-8-6-5-7-9-24)26-18-14-23(15-19-26)21(3)4/h5-21H,1-4H3/b11-10+. The zero-order chi connectivity index (χ0) is 19.2. The van der Waals surface area contributed by atoms with E-state index < -0.39 is 0 Å². The second-order valence-corrected chi connectivity index (χ2v) is 7.61. The molecule has 0 bridgehead atoms. The Balaban J connectivity index is 1.98. The van der Waals surface area contributed by atoms with E-state index in [1.165, 1.54) is 28.2 Å². The van der Waals surface area contributed by atoms with Gasteiger partial charge in [-0.2, -0.15) is 0 Å². The van der Waals surface area contributed by atoms with Crippen molar-refractivity contribution in [2.45, 2.75) is 33.6 Å². The van der Waals surface area contributed by atoms with Gasteiger partial charge in [0.25, 0.3) is 0 Å². The van der Waals surface area contributed by atoms with Gasteiger partial charge in [-0.05, 0) is 59.4 Å². The fraction of sp³-hybridized carbons (Fsp3) is 0.231. The van der Waals surface area contributed by atoms with Crippen LogP contribution in [0.15, 0.2) is 84.9 Å². The molecule has 0 unspecified atom stereocenters. The summed E-state index contributed by atoms with van der Waals surface area (Å²) < 4.78 is 0. The predicted octanol–water partition coefficient (Wildman–Crippen LogP) is 7.95. The molecule has 0 fully saturated rings. The summed E-state index contributed by atoms with van der Waals surface area (Å²) in [4.78, 5) is 2.31. The van der Waals surface area contributed by atoms with Crippen LogP contribution in [0.25, 0.3) is 6.08 Å². The van der Waals surface area contributed by atoms with Crippen molar-refractivity contribution in [3.05, 3.63) is 96.1 Å². The first-order valence-electron chi connectivity index (χ1n) is 9.78. The van der Waals surface area contributed by atoms with Crippen LogP contribution in [0.3, 0.4) is 0 Å². The van der Waals surface area contributed by atoms with Crippen LogP contribution in [0.2, 0.25) is 0 Å². The number of anilines is 3. The molecule has 0 saturated heterocycles. The van der Waals surface area contributed by atoms with E-state index in [4.69, 9.17) is 0 Å². The molecule has 138 valence electrons. The van der Waals surface area contributed by atoms with Crippen molar-refractivity contribution in [2.75, 3.05) is 4.90 Å². The van der Waals surface area contributed by atoms with E-state index in [1.807, 2.05) is 0 Å². The first-order valence-corrected chi connectivity index (χ1v) is 9.78. The SMILES string of the molecule is CC(C)/C=C/c1ccc(N(c2ccccc2)c2ccc(C(C)C)cc2)cc1. The molecule has 0 atom stereocenters. The Bertz CT molecular complexity index is 856. The lowest BCUT2D eigenvalue weighted by Crippen LogP contribution is -2.09. The quantitative estimate of drug-likeness (QED) is 0.433. The summed E-state index contributed by atoms with van der Waals surface area (Å²) in [6.45, 7) is 8.85. The van der Waals surface area contributed by atoms with Crippen molar-refractivity contribution in [2.24, 2.45) is 5.92 Å². The summed E-state index contributed by atoms with van der Waals surface area (Å²) in [6, 6.07) is 28.2. The maximum Gasteiger partial charge on any atom is 0.0462 e. The molecule has 3 aromatic carbocycles. The van der Waals surface area contributed by atoms with E-state index in [1.54, 1.807) is 0 Å². The molecule has 0 spiro atoms. The number of rotatable bonds is 6. The van der Waals surface area contributed by atoms with E-state index in [2.05, 4.69) is 124 Å². The highest BCUT2D eigenvalue weighted by Crippen LogP contribution is 2.35. The zero-order valence-corrected chi connectivity index (χ0v) is 16.8. The van der Waals surface area contributed by atoms with Crippen molar-refractivity contribution >= 4 is 23.1 Å². The van der Waals surface area contributed by atoms with E-state index >= 15 is 0 Å². The number of para-hydroxylation sites is 1. The average Bonchev–Trinajstić information content (AvgIpc) is 2.69. The zero-order valence-electron chi connectivity index (χ0n) is 16.8. The van der Waals surface area contributed by atoms with Crippen LogP contribution in [0, 0.1) is 5.92 Å². The molecule has 0 saturated carbocycles. The third kappa shape index (κ3) is 4.89. The Morgan fingerprint density at radius 2 is 1.15 bits per heavy atom. The lowest BCUT2D eigenvalue weighted by Gasteiger charge is -2.26. The molecular formula is C26H29N. The van der Waals surface area contributed by atoms with Crippen molar-refractivity contribution in [1.29, 1.82) is 0 Å². The van der Waals surface area contributed by atoms with E-state index in [0.717, 1.165) is 0 Å². The van der Waals surface area contributed by atoms with Gasteiger partial charge in [0.2, 0.25) is 0 Å². The highest BCUT2D eigenvalue weighted by Gasteiger charge is 2.12. The van der Waals surface area contributed by atoms with Gasteiger partial charge in [-0.3, -0.25) is 0 Å². The first kappa shape index (κ1) is 19.0. The predicted molar refractivity (Wildman–Crippen MR) is 119 cm³/mol. The van der Waals surface area contributed by atoms with Crippen LogP contribution in [0.1, 0.15) is 44.7 Å². The smallest absolute Gasteiger partial charge is 0.0462 e. The third-order valence-corrected chi connectivity index (χ3v) is 4.66. The Labute approximate surface area is 164 Å². The van der Waals surface area contributed by atoms with Gasteiger partial charge >= 0.3 is 0 Å². The van der Waals surface area contributed by atoms with Gasteiger partial charge in [0.05, 0.1) is 0 Å². The lowest BCUT2D eigenvalue weighted by atomic mass is 10.0. The maximum absolute atomic E-state index is 2.31. The van der Waals surface area contributed by atoms with Gasteiger partial charge in [-0.1, -0.05) is 82.3 Å². The van der Waals surface area contributed by atoms with Crippen LogP contribution < -0.4 is 4.90 Å². The van der Waals surface area contributed by atoms with Crippen molar-refractivity contribution in [1.82, 2.24) is 0 Å². The molecule has 3 aromatic rings. The minimum Gasteiger partial charge on any atom is -0.311 e. The molecule has 0 aliphatic heterocycles. The summed E-state index contributed by atoms with van der Waals surface area (Å²) in [7, 11) is 0. The molecule has 0 amide bonds. The maximum atomic E-state index is 2.31. The number of hydrogen-bond donors (Lipinski definition) is 0. The van der Waals surface area contributed by atoms with Crippen LogP contribution in [-0.4, -0.2) is 0 Å². The number of nitrogens with zero attached hydrogens (tertiary/aromatic N) is 1. The molecule has 27 heavy (non-hydrogen) atoms. The van der Waals surface area contributed by atoms with Gasteiger partial charge < -0.3 is 4.90 Å². The van der Waals surface area contributed by atoms with Crippen molar-refractivity contribution in [3.8, 4) is 0 Å². The second kappa shape index (κ2) is 8.73. The van der Waals surface area contributed by atoms with E-state index in [0.29, 0.717) is 11.8 Å². The molecule has 1 heteroatoms. The summed E-state index contributed by atoms with van der Waals surface area (Å²) in [5, 5.41) is 0. The summed E-state index contributed by atoms with van der Waals surface area (Å²) >= 11 is 0. The third-order valence-electron chi connectivity index (χ3n) is 4.66. The molecular weight excluding hydrogens is 326 g/mol. The van der Waals surface area contributed by atoms with Gasteiger partial charge in [0.1, 0.15) is 0 Å². The first-order chi connectivity index (χ1) is 13.0. The van der Waals surface area contributed by atoms with Crippen LogP contribution >= 0.6 is 0 Å². The average molecular weight is 356 g/mol. The fourth-order valence-electron chi connectivity index (χ4n) is 3.07. The molecule has 0 aliphatic carbocycles. The molecule has 1 nitrogen and oxygen atoms in total. The minimum atomic E-state index is 0.538. The molecule has 0 radical (unpaired) electrons. The Morgan fingerprint density at radius 3 is 1.67 bits per heavy atom. The highest BCUT2D eigenvalue weighted by molar-refractivity contribution is 5.77. The highest BCUT2D eigenvalue weighted by atomic mass is 15.1. The van der Waals surface area contributed by atoms with Crippen molar-refractivity contribution in [3.63, 3.8) is 0 Å². The topological polar surface area (TPSA) is 3.24 Å². The van der Waals surface area contributed by atoms with Gasteiger partial charge in [-0.15, -0.1) is 0 Å². The van der Waals surface area contributed by atoms with E-state index in [-0.39, 0.29) is 0 Å². The van der Waals surface area contributed by atoms with Gasteiger partial charge in [0.15, 0.2) is 0 Å². The van der Waals surface area contributed by atoms with Gasteiger partial charge in [0, 0.05) is 17.1 Å². The normalized spacial score (nSPS) is 11.5. The van der Waals surface area contributed by atoms with E-state index in [9.17, 15) is 0 Å². The molecule has 0 aromatic heterocycles. The number of hydrogen-bond acceptors (Lipinski definition) is 1. The second-order valence-electron chi connectivity index (χ2n) is 7.61. The lowest BCUT2D eigenvalue weighted by molar-refractivity contribution is 0.836. The Kier molecular flexibility index (Phi) is 6.13. The van der Waals surface area contributed by atoms with Crippen LogP contribution in [0.4, 0.5) is 17.1 Å². The summed E-state index contributed by atoms with van der Waals surface area (Å²) in [5.74, 6) is 1.10. The summed E-state index contributed by atoms with van der Waals surface area (Å²) in [5.41, 5.74) is 6.10. The van der Waals surface area contributed by atoms with Crippen LogP contribution in [0.5, 0.6) is 0 Å². The molecule has 0 N–H and O–H groups in total. The fourth-order valence-corrected chi connectivity index (χ4v) is 3.07. The number of benzene rings is 3. The van der Waals surface area contributed by atoms with Crippen LogP contribution in [-0.2, 0) is 0 Å². The Hall–Kier alpha value is -2.80. The minimum absolute atomic E-state index is 0.538. The molecule has 0 heterocycles. The monoisotopic (exact) mass is 355 g/mol.